The van der Waals surface area contributed by atoms with E-state index in [2.05, 4.69) is 35.9 Å². The zero-order chi connectivity index (χ0) is 27.6. The van der Waals surface area contributed by atoms with Crippen LogP contribution in [0.25, 0.3) is 0 Å². The summed E-state index contributed by atoms with van der Waals surface area (Å²) in [5, 5.41) is 8.99. The average molecular weight is 565 g/mol. The van der Waals surface area contributed by atoms with Gasteiger partial charge in [0.15, 0.2) is 11.0 Å². The molecule has 1 unspecified atom stereocenters. The molecule has 0 aliphatic rings. The minimum Gasteiger partial charge on any atom is -0.399 e. The Balaban J connectivity index is 0.000000698. The Bertz CT molecular complexity index is 864. The minimum atomic E-state index is -4.61. The molecule has 11 heteroatoms. The Hall–Kier alpha value is -1.35. The van der Waals surface area contributed by atoms with Crippen LogP contribution in [0, 0.1) is 0 Å². The molecule has 208 valence electrons. The molecule has 0 saturated carbocycles. The molecule has 2 aromatic rings. The second-order valence-corrected chi connectivity index (χ2v) is 11.3. The maximum Gasteiger partial charge on any atom is 0.359 e. The summed E-state index contributed by atoms with van der Waals surface area (Å²) in [7, 11) is -4.61. The molecule has 1 heterocycles. The molecule has 0 spiro atoms. The van der Waals surface area contributed by atoms with Gasteiger partial charge in [-0.2, -0.15) is 0 Å². The Kier molecular flexibility index (Phi) is 19.0. The van der Waals surface area contributed by atoms with Crippen LogP contribution in [0.2, 0.25) is 5.15 Å². The summed E-state index contributed by atoms with van der Waals surface area (Å²) >= 11 is 6.20. The number of aromatic nitrogens is 1. The van der Waals surface area contributed by atoms with E-state index in [0.29, 0.717) is 0 Å². The first-order valence-corrected chi connectivity index (χ1v) is 15.7. The Morgan fingerprint density at radius 1 is 0.944 bits per heavy atom. The molecule has 7 N–H and O–H groups in total. The van der Waals surface area contributed by atoms with Crippen molar-refractivity contribution in [1.29, 1.82) is 0 Å². The number of nitrogen functional groups attached to an aromatic ring is 2. The molecule has 36 heavy (non-hydrogen) atoms. The van der Waals surface area contributed by atoms with E-state index in [9.17, 15) is 4.57 Å². The number of anilines is 3. The fraction of sp³-hybridized carbons (Fsp3) is 0.640. The van der Waals surface area contributed by atoms with Gasteiger partial charge in [-0.3, -0.25) is 4.57 Å². The van der Waals surface area contributed by atoms with Crippen molar-refractivity contribution in [1.82, 2.24) is 4.98 Å². The topological polar surface area (TPSA) is 146 Å². The second-order valence-electron chi connectivity index (χ2n) is 8.22. The van der Waals surface area contributed by atoms with Crippen molar-refractivity contribution >= 4 is 47.0 Å². The summed E-state index contributed by atoms with van der Waals surface area (Å²) in [6, 6.07) is 8.37. The summed E-state index contributed by atoms with van der Waals surface area (Å²) in [5.41, 5.74) is 13.2. The zero-order valence-corrected chi connectivity index (χ0v) is 24.7. The number of nitrogens with two attached hydrogens (primary N) is 2. The first-order chi connectivity index (χ1) is 17.1. The Labute approximate surface area is 226 Å². The predicted molar refractivity (Wildman–Crippen MR) is 156 cm³/mol. The fourth-order valence-corrected chi connectivity index (χ4v) is 5.36. The van der Waals surface area contributed by atoms with Crippen LogP contribution < -0.4 is 16.4 Å². The van der Waals surface area contributed by atoms with Crippen LogP contribution in [0.5, 0.6) is 0 Å². The molecule has 0 amide bonds. The molecule has 1 aromatic carbocycles. The average Bonchev–Trinajstić information content (AvgIpc) is 3.19. The number of unbranched alkanes of at least 4 members (excludes halogenated alkanes) is 7. The number of halogens is 1. The largest absolute Gasteiger partial charge is 0.399 e. The van der Waals surface area contributed by atoms with Crippen LogP contribution in [0.1, 0.15) is 96.2 Å². The number of aliphatic hydroxyl groups is 1. The fourth-order valence-electron chi connectivity index (χ4n) is 3.33. The SMILES string of the molecule is CC.CCCCCCCN(CCCCCC)c1ccc(N)cc1.Nc1nc(Cl)c(C(O)P(=O)(O)O)s1. The van der Waals surface area contributed by atoms with Gasteiger partial charge in [0.05, 0.1) is 4.88 Å². The van der Waals surface area contributed by atoms with Gasteiger partial charge in [0.25, 0.3) is 0 Å². The number of thiazole rings is 1. The monoisotopic (exact) mass is 564 g/mol. The van der Waals surface area contributed by atoms with E-state index in [1.54, 1.807) is 0 Å². The van der Waals surface area contributed by atoms with E-state index < -0.39 is 13.4 Å². The summed E-state index contributed by atoms with van der Waals surface area (Å²) in [5.74, 6) is -1.95. The molecule has 1 aromatic heterocycles. The number of aliphatic hydroxyl groups excluding tert-OH is 1. The van der Waals surface area contributed by atoms with E-state index >= 15 is 0 Å². The van der Waals surface area contributed by atoms with Gasteiger partial charge in [0.2, 0.25) is 0 Å². The molecule has 8 nitrogen and oxygen atoms in total. The quantitative estimate of drug-likeness (QED) is 0.0919. The third kappa shape index (κ3) is 14.4. The molecule has 0 aliphatic carbocycles. The third-order valence-corrected chi connectivity index (χ3v) is 7.66. The molecule has 0 bridgehead atoms. The van der Waals surface area contributed by atoms with E-state index in [1.807, 2.05) is 26.0 Å². The van der Waals surface area contributed by atoms with Crippen molar-refractivity contribution in [2.75, 3.05) is 29.5 Å². The smallest absolute Gasteiger partial charge is 0.359 e. The second kappa shape index (κ2) is 19.7. The van der Waals surface area contributed by atoms with Crippen molar-refractivity contribution in [3.05, 3.63) is 34.3 Å². The Morgan fingerprint density at radius 3 is 1.83 bits per heavy atom. The molecular formula is C25H46ClN4O4PS. The zero-order valence-electron chi connectivity index (χ0n) is 22.2. The summed E-state index contributed by atoms with van der Waals surface area (Å²) in [6.45, 7) is 10.9. The number of hydrogen-bond donors (Lipinski definition) is 5. The normalized spacial score (nSPS) is 11.7. The van der Waals surface area contributed by atoms with Crippen molar-refractivity contribution in [2.24, 2.45) is 0 Å². The van der Waals surface area contributed by atoms with Crippen molar-refractivity contribution < 1.29 is 19.5 Å². The van der Waals surface area contributed by atoms with E-state index in [1.165, 1.54) is 76.6 Å². The Morgan fingerprint density at radius 2 is 1.42 bits per heavy atom. The van der Waals surface area contributed by atoms with Crippen LogP contribution in [0.15, 0.2) is 24.3 Å². The van der Waals surface area contributed by atoms with Crippen LogP contribution in [-0.4, -0.2) is 33.0 Å². The highest BCUT2D eigenvalue weighted by molar-refractivity contribution is 7.52. The van der Waals surface area contributed by atoms with Gasteiger partial charge < -0.3 is 31.3 Å². The molecule has 0 fully saturated rings. The molecule has 2 rings (SSSR count). The lowest BCUT2D eigenvalue weighted by molar-refractivity contribution is 0.208. The van der Waals surface area contributed by atoms with Gasteiger partial charge >= 0.3 is 7.60 Å². The predicted octanol–water partition coefficient (Wildman–Crippen LogP) is 7.20. The van der Waals surface area contributed by atoms with Gasteiger partial charge in [-0.05, 0) is 37.1 Å². The lowest BCUT2D eigenvalue weighted by Crippen LogP contribution is -2.25. The van der Waals surface area contributed by atoms with Gasteiger partial charge in [-0.15, -0.1) is 0 Å². The summed E-state index contributed by atoms with van der Waals surface area (Å²) < 4.78 is 10.6. The molecule has 1 atom stereocenters. The standard InChI is InChI=1S/C19H34N2.C4H6ClN2O4PS.C2H6/c1-3-5-7-9-11-17-21(16-10-8-6-4-2)19-14-12-18(20)13-15-19;5-2-1(13-4(6)7-2)3(8)12(9,10)11;1-2/h12-15H,3-11,16-17,20H2,1-2H3;3,8H,(H2,6,7)(H2,9,10,11);1-2H3. The van der Waals surface area contributed by atoms with E-state index in [-0.39, 0.29) is 15.2 Å². The van der Waals surface area contributed by atoms with Gasteiger partial charge in [-0.1, -0.05) is 95.6 Å². The van der Waals surface area contributed by atoms with Gasteiger partial charge in [0, 0.05) is 24.5 Å². The summed E-state index contributed by atoms with van der Waals surface area (Å²) in [6.07, 6.45) is 12.0. The van der Waals surface area contributed by atoms with Gasteiger partial charge in [0.1, 0.15) is 5.15 Å². The van der Waals surface area contributed by atoms with Gasteiger partial charge in [-0.25, -0.2) is 4.98 Å². The molecular weight excluding hydrogens is 519 g/mol. The number of rotatable bonds is 14. The van der Waals surface area contributed by atoms with E-state index in [0.717, 1.165) is 17.0 Å². The first-order valence-electron chi connectivity index (χ1n) is 12.9. The number of benzene rings is 1. The highest BCUT2D eigenvalue weighted by Gasteiger charge is 2.32. The van der Waals surface area contributed by atoms with Crippen LogP contribution in [0.3, 0.4) is 0 Å². The summed E-state index contributed by atoms with van der Waals surface area (Å²) in [4.78, 5) is 23.2. The number of hydrogen-bond acceptors (Lipinski definition) is 7. The van der Waals surface area contributed by atoms with Crippen molar-refractivity contribution in [3.63, 3.8) is 0 Å². The highest BCUT2D eigenvalue weighted by Crippen LogP contribution is 2.53. The maximum atomic E-state index is 10.6. The highest BCUT2D eigenvalue weighted by atomic mass is 35.5. The molecule has 0 saturated heterocycles. The minimum absolute atomic E-state index is 0.0486. The van der Waals surface area contributed by atoms with Crippen LogP contribution in [-0.2, 0) is 4.57 Å². The number of nitrogens with zero attached hydrogens (tertiary/aromatic N) is 2. The van der Waals surface area contributed by atoms with Crippen LogP contribution >= 0.6 is 30.5 Å². The van der Waals surface area contributed by atoms with Crippen molar-refractivity contribution in [3.8, 4) is 0 Å². The van der Waals surface area contributed by atoms with Crippen molar-refractivity contribution in [2.45, 2.75) is 91.3 Å². The molecule has 0 aliphatic heterocycles. The lowest BCUT2D eigenvalue weighted by atomic mass is 10.1. The third-order valence-electron chi connectivity index (χ3n) is 5.25. The maximum absolute atomic E-state index is 10.6. The van der Waals surface area contributed by atoms with E-state index in [4.69, 9.17) is 38.0 Å². The van der Waals surface area contributed by atoms with Crippen LogP contribution in [0.4, 0.5) is 16.5 Å². The lowest BCUT2D eigenvalue weighted by Gasteiger charge is -2.25. The molecule has 0 radical (unpaired) electrons. The first kappa shape index (κ1) is 34.6.